The van der Waals surface area contributed by atoms with Gasteiger partial charge in [0.2, 0.25) is 0 Å². The predicted octanol–water partition coefficient (Wildman–Crippen LogP) is 4.42. The van der Waals surface area contributed by atoms with Gasteiger partial charge < -0.3 is 4.90 Å². The molecule has 0 spiro atoms. The molecule has 116 valence electrons. The molecule has 0 radical (unpaired) electrons. The number of hydrogen-bond donors (Lipinski definition) is 1. The van der Waals surface area contributed by atoms with Crippen molar-refractivity contribution in [2.24, 2.45) is 0 Å². The van der Waals surface area contributed by atoms with Crippen LogP contribution in [-0.2, 0) is 0 Å². The number of aromatic amines is 1. The Kier molecular flexibility index (Phi) is 4.30. The fourth-order valence-corrected chi connectivity index (χ4v) is 2.53. The first-order valence-electron chi connectivity index (χ1n) is 7.20. The molecule has 0 atom stereocenters. The van der Waals surface area contributed by atoms with Gasteiger partial charge in [-0.2, -0.15) is 5.10 Å². The zero-order valence-electron chi connectivity index (χ0n) is 12.9. The number of rotatable bonds is 3. The molecule has 23 heavy (non-hydrogen) atoms. The molecule has 0 saturated heterocycles. The molecule has 0 aliphatic carbocycles. The summed E-state index contributed by atoms with van der Waals surface area (Å²) < 4.78 is 1.01. The Hall–Kier alpha value is -2.40. The monoisotopic (exact) mass is 369 g/mol. The van der Waals surface area contributed by atoms with Crippen LogP contribution in [0.3, 0.4) is 0 Å². The Balaban J connectivity index is 1.83. The zero-order valence-corrected chi connectivity index (χ0v) is 14.5. The normalized spacial score (nSPS) is 10.6. The fourth-order valence-electron chi connectivity index (χ4n) is 2.27. The van der Waals surface area contributed by atoms with E-state index < -0.39 is 0 Å². The fraction of sp³-hybridized carbons (Fsp3) is 0.111. The second-order valence-corrected chi connectivity index (χ2v) is 6.29. The molecular weight excluding hydrogens is 354 g/mol. The quantitative estimate of drug-likeness (QED) is 0.742. The lowest BCUT2D eigenvalue weighted by Crippen LogP contribution is -2.26. The largest absolute Gasteiger partial charge is 0.310 e. The number of aromatic nitrogens is 2. The van der Waals surface area contributed by atoms with E-state index >= 15 is 0 Å². The summed E-state index contributed by atoms with van der Waals surface area (Å²) in [6.45, 7) is 2.02. The number of halogens is 1. The van der Waals surface area contributed by atoms with Gasteiger partial charge in [-0.05, 0) is 37.3 Å². The molecule has 2 aromatic carbocycles. The molecule has 1 heterocycles. The molecule has 1 N–H and O–H groups in total. The van der Waals surface area contributed by atoms with Gasteiger partial charge in [0, 0.05) is 22.8 Å². The number of hydrogen-bond acceptors (Lipinski definition) is 2. The molecule has 0 saturated carbocycles. The number of anilines is 1. The maximum atomic E-state index is 12.6. The van der Waals surface area contributed by atoms with Crippen molar-refractivity contribution in [3.05, 3.63) is 70.3 Å². The SMILES string of the molecule is Cc1ccc(N(C)C(=O)c2cc(-c3ccc(Br)cc3)n[nH]2)cc1. The number of amides is 1. The van der Waals surface area contributed by atoms with E-state index in [9.17, 15) is 4.79 Å². The molecule has 1 amide bonds. The summed E-state index contributed by atoms with van der Waals surface area (Å²) in [5, 5.41) is 7.07. The first kappa shape index (κ1) is 15.5. The highest BCUT2D eigenvalue weighted by molar-refractivity contribution is 9.10. The molecule has 5 heteroatoms. The minimum Gasteiger partial charge on any atom is -0.310 e. The smallest absolute Gasteiger partial charge is 0.276 e. The van der Waals surface area contributed by atoms with Crippen LogP contribution in [0.25, 0.3) is 11.3 Å². The highest BCUT2D eigenvalue weighted by Crippen LogP contribution is 2.22. The second-order valence-electron chi connectivity index (χ2n) is 5.37. The number of nitrogens with zero attached hydrogens (tertiary/aromatic N) is 2. The standard InChI is InChI=1S/C18H16BrN3O/c1-12-3-9-15(10-4-12)22(2)18(23)17-11-16(20-21-17)13-5-7-14(19)8-6-13/h3-11H,1-2H3,(H,20,21). The van der Waals surface area contributed by atoms with Crippen LogP contribution < -0.4 is 4.90 Å². The Morgan fingerprint density at radius 3 is 2.39 bits per heavy atom. The first-order valence-corrected chi connectivity index (χ1v) is 8.00. The van der Waals surface area contributed by atoms with Gasteiger partial charge in [0.1, 0.15) is 5.69 Å². The van der Waals surface area contributed by atoms with Crippen LogP contribution in [0.1, 0.15) is 16.1 Å². The van der Waals surface area contributed by atoms with Crippen LogP contribution in [0.5, 0.6) is 0 Å². The average molecular weight is 370 g/mol. The third kappa shape index (κ3) is 3.35. The number of aryl methyl sites for hydroxylation is 1. The van der Waals surface area contributed by atoms with E-state index in [1.54, 1.807) is 18.0 Å². The van der Waals surface area contributed by atoms with Gasteiger partial charge in [0.25, 0.3) is 5.91 Å². The van der Waals surface area contributed by atoms with Gasteiger partial charge in [0.05, 0.1) is 5.69 Å². The van der Waals surface area contributed by atoms with Crippen LogP contribution in [0.4, 0.5) is 5.69 Å². The lowest BCUT2D eigenvalue weighted by Gasteiger charge is -2.16. The van der Waals surface area contributed by atoms with Gasteiger partial charge in [-0.1, -0.05) is 45.8 Å². The maximum absolute atomic E-state index is 12.6. The Labute approximate surface area is 143 Å². The lowest BCUT2D eigenvalue weighted by atomic mass is 10.1. The van der Waals surface area contributed by atoms with Crippen molar-refractivity contribution < 1.29 is 4.79 Å². The molecule has 3 aromatic rings. The van der Waals surface area contributed by atoms with Gasteiger partial charge >= 0.3 is 0 Å². The number of nitrogens with one attached hydrogen (secondary N) is 1. The minimum absolute atomic E-state index is 0.121. The van der Waals surface area contributed by atoms with E-state index in [2.05, 4.69) is 26.1 Å². The van der Waals surface area contributed by atoms with Crippen molar-refractivity contribution in [3.8, 4) is 11.3 Å². The summed E-state index contributed by atoms with van der Waals surface area (Å²) in [6.07, 6.45) is 0. The molecular formula is C18H16BrN3O. The molecule has 0 bridgehead atoms. The van der Waals surface area contributed by atoms with Crippen molar-refractivity contribution >= 4 is 27.5 Å². The maximum Gasteiger partial charge on any atom is 0.276 e. The Bertz CT molecular complexity index is 822. The van der Waals surface area contributed by atoms with Crippen molar-refractivity contribution in [2.75, 3.05) is 11.9 Å². The molecule has 0 aliphatic heterocycles. The third-order valence-electron chi connectivity index (χ3n) is 3.67. The van der Waals surface area contributed by atoms with E-state index in [-0.39, 0.29) is 5.91 Å². The van der Waals surface area contributed by atoms with Gasteiger partial charge in [-0.3, -0.25) is 9.89 Å². The van der Waals surface area contributed by atoms with E-state index in [0.29, 0.717) is 5.69 Å². The van der Waals surface area contributed by atoms with Gasteiger partial charge in [-0.15, -0.1) is 0 Å². The van der Waals surface area contributed by atoms with Crippen LogP contribution in [-0.4, -0.2) is 23.2 Å². The summed E-state index contributed by atoms with van der Waals surface area (Å²) >= 11 is 3.41. The zero-order chi connectivity index (χ0) is 16.4. The Morgan fingerprint density at radius 2 is 1.74 bits per heavy atom. The van der Waals surface area contributed by atoms with Gasteiger partial charge in [-0.25, -0.2) is 0 Å². The molecule has 1 aromatic heterocycles. The summed E-state index contributed by atoms with van der Waals surface area (Å²) in [6, 6.07) is 17.4. The van der Waals surface area contributed by atoms with E-state index in [4.69, 9.17) is 0 Å². The average Bonchev–Trinajstić information content (AvgIpc) is 3.05. The molecule has 0 fully saturated rings. The Morgan fingerprint density at radius 1 is 1.09 bits per heavy atom. The molecule has 0 aliphatic rings. The van der Waals surface area contributed by atoms with Crippen LogP contribution in [0, 0.1) is 6.92 Å². The minimum atomic E-state index is -0.121. The number of carbonyl (C=O) groups is 1. The summed E-state index contributed by atoms with van der Waals surface area (Å²) in [5.74, 6) is -0.121. The van der Waals surface area contributed by atoms with Crippen molar-refractivity contribution in [3.63, 3.8) is 0 Å². The summed E-state index contributed by atoms with van der Waals surface area (Å²) in [5.41, 5.74) is 4.18. The van der Waals surface area contributed by atoms with E-state index in [1.807, 2.05) is 55.5 Å². The van der Waals surface area contributed by atoms with Crippen LogP contribution in [0.2, 0.25) is 0 Å². The highest BCUT2D eigenvalue weighted by Gasteiger charge is 2.16. The van der Waals surface area contributed by atoms with E-state index in [1.165, 1.54) is 0 Å². The van der Waals surface area contributed by atoms with Crippen LogP contribution >= 0.6 is 15.9 Å². The molecule has 4 nitrogen and oxygen atoms in total. The topological polar surface area (TPSA) is 49.0 Å². The molecule has 3 rings (SSSR count). The first-order chi connectivity index (χ1) is 11.0. The van der Waals surface area contributed by atoms with Crippen molar-refractivity contribution in [1.82, 2.24) is 10.2 Å². The third-order valence-corrected chi connectivity index (χ3v) is 4.20. The number of H-pyrrole nitrogens is 1. The highest BCUT2D eigenvalue weighted by atomic mass is 79.9. The number of benzene rings is 2. The summed E-state index contributed by atoms with van der Waals surface area (Å²) in [7, 11) is 1.76. The van der Waals surface area contributed by atoms with Crippen molar-refractivity contribution in [2.45, 2.75) is 6.92 Å². The van der Waals surface area contributed by atoms with Crippen molar-refractivity contribution in [1.29, 1.82) is 0 Å². The van der Waals surface area contributed by atoms with Crippen LogP contribution in [0.15, 0.2) is 59.1 Å². The number of carbonyl (C=O) groups excluding carboxylic acids is 1. The summed E-state index contributed by atoms with van der Waals surface area (Å²) in [4.78, 5) is 14.2. The predicted molar refractivity (Wildman–Crippen MR) is 95.6 cm³/mol. The lowest BCUT2D eigenvalue weighted by molar-refractivity contribution is 0.0988. The second kappa shape index (κ2) is 6.38. The van der Waals surface area contributed by atoms with Gasteiger partial charge in [0.15, 0.2) is 0 Å². The molecule has 0 unspecified atom stereocenters. The van der Waals surface area contributed by atoms with E-state index in [0.717, 1.165) is 27.0 Å².